The normalized spacial score (nSPS) is 11.0. The van der Waals surface area contributed by atoms with E-state index in [1.54, 1.807) is 0 Å². The Morgan fingerprint density at radius 1 is 1.04 bits per heavy atom. The summed E-state index contributed by atoms with van der Waals surface area (Å²) in [6.45, 7) is 12.4. The van der Waals surface area contributed by atoms with Crippen LogP contribution in [-0.2, 0) is 6.61 Å². The van der Waals surface area contributed by atoms with Crippen LogP contribution in [0.4, 0.5) is 5.69 Å². The third-order valence-electron chi connectivity index (χ3n) is 4.62. The number of nitrogens with one attached hydrogen (secondary N) is 1. The first-order chi connectivity index (χ1) is 11.9. The molecular formula is C21H30N2O2. The standard InChI is InChI=1S/C21H30N2O2/c1-7-17(8-2)23-19-11-20(22-16(6)18(19)12-24)25-21-14(4)9-13(3)10-15(21)5/h9-11,17,24H,7-8,12H2,1-6H3,(H,22,23). The number of aromatic nitrogens is 1. The van der Waals surface area contributed by atoms with E-state index in [9.17, 15) is 5.11 Å². The molecule has 2 aromatic rings. The van der Waals surface area contributed by atoms with Crippen LogP contribution in [0, 0.1) is 27.7 Å². The van der Waals surface area contributed by atoms with Gasteiger partial charge in [-0.3, -0.25) is 0 Å². The molecule has 0 bridgehead atoms. The second-order valence-corrected chi connectivity index (χ2v) is 6.72. The van der Waals surface area contributed by atoms with E-state index in [0.29, 0.717) is 11.9 Å². The molecule has 0 aliphatic heterocycles. The largest absolute Gasteiger partial charge is 0.438 e. The van der Waals surface area contributed by atoms with Gasteiger partial charge in [0.05, 0.1) is 6.61 Å². The van der Waals surface area contributed by atoms with Gasteiger partial charge >= 0.3 is 0 Å². The summed E-state index contributed by atoms with van der Waals surface area (Å²) in [6.07, 6.45) is 2.05. The Kier molecular flexibility index (Phi) is 6.43. The highest BCUT2D eigenvalue weighted by Gasteiger charge is 2.15. The van der Waals surface area contributed by atoms with Crippen molar-refractivity contribution in [1.82, 2.24) is 4.98 Å². The maximum Gasteiger partial charge on any atom is 0.221 e. The number of ether oxygens (including phenoxy) is 1. The average Bonchev–Trinajstić information content (AvgIpc) is 2.55. The van der Waals surface area contributed by atoms with Crippen LogP contribution in [0.15, 0.2) is 18.2 Å². The molecule has 25 heavy (non-hydrogen) atoms. The van der Waals surface area contributed by atoms with Crippen molar-refractivity contribution in [2.75, 3.05) is 5.32 Å². The first-order valence-corrected chi connectivity index (χ1v) is 9.03. The van der Waals surface area contributed by atoms with Gasteiger partial charge in [0, 0.05) is 29.1 Å². The number of hydrogen-bond acceptors (Lipinski definition) is 4. The molecule has 4 heteroatoms. The minimum Gasteiger partial charge on any atom is -0.438 e. The van der Waals surface area contributed by atoms with Crippen molar-refractivity contribution >= 4 is 5.69 Å². The quantitative estimate of drug-likeness (QED) is 0.726. The van der Waals surface area contributed by atoms with E-state index in [0.717, 1.165) is 46.7 Å². The first kappa shape index (κ1) is 19.3. The highest BCUT2D eigenvalue weighted by molar-refractivity contribution is 5.56. The lowest BCUT2D eigenvalue weighted by Crippen LogP contribution is -2.19. The zero-order chi connectivity index (χ0) is 18.6. The minimum absolute atomic E-state index is 0.0375. The predicted octanol–water partition coefficient (Wildman–Crippen LogP) is 5.20. The van der Waals surface area contributed by atoms with Crippen LogP contribution in [0.2, 0.25) is 0 Å². The summed E-state index contributed by atoms with van der Waals surface area (Å²) < 4.78 is 6.13. The summed E-state index contributed by atoms with van der Waals surface area (Å²) in [6, 6.07) is 6.49. The zero-order valence-electron chi connectivity index (χ0n) is 16.2. The summed E-state index contributed by atoms with van der Waals surface area (Å²) in [5, 5.41) is 13.3. The van der Waals surface area contributed by atoms with E-state index in [1.165, 1.54) is 5.56 Å². The second-order valence-electron chi connectivity index (χ2n) is 6.72. The number of anilines is 1. The Labute approximate surface area is 151 Å². The van der Waals surface area contributed by atoms with Gasteiger partial charge in [0.2, 0.25) is 5.88 Å². The molecule has 1 aromatic carbocycles. The van der Waals surface area contributed by atoms with E-state index in [-0.39, 0.29) is 6.61 Å². The number of aliphatic hydroxyl groups excluding tert-OH is 1. The molecule has 0 radical (unpaired) electrons. The SMILES string of the molecule is CCC(CC)Nc1cc(Oc2c(C)cc(C)cc2C)nc(C)c1CO. The maximum atomic E-state index is 9.74. The Morgan fingerprint density at radius 3 is 2.16 bits per heavy atom. The van der Waals surface area contributed by atoms with E-state index >= 15 is 0 Å². The number of benzene rings is 1. The van der Waals surface area contributed by atoms with Gasteiger partial charge in [0.1, 0.15) is 5.75 Å². The van der Waals surface area contributed by atoms with E-state index in [2.05, 4.69) is 43.2 Å². The molecule has 0 saturated carbocycles. The predicted molar refractivity (Wildman–Crippen MR) is 104 cm³/mol. The highest BCUT2D eigenvalue weighted by atomic mass is 16.5. The molecule has 0 saturated heterocycles. The molecular weight excluding hydrogens is 312 g/mol. The van der Waals surface area contributed by atoms with Crippen LogP contribution in [0.1, 0.15) is 54.6 Å². The zero-order valence-corrected chi connectivity index (χ0v) is 16.2. The van der Waals surface area contributed by atoms with Crippen molar-refractivity contribution in [3.63, 3.8) is 0 Å². The van der Waals surface area contributed by atoms with Crippen LogP contribution in [0.5, 0.6) is 11.6 Å². The minimum atomic E-state index is -0.0375. The lowest BCUT2D eigenvalue weighted by atomic mass is 10.1. The van der Waals surface area contributed by atoms with Gasteiger partial charge in [0.25, 0.3) is 0 Å². The Bertz CT molecular complexity index is 714. The number of hydrogen-bond donors (Lipinski definition) is 2. The van der Waals surface area contributed by atoms with Crippen LogP contribution >= 0.6 is 0 Å². The molecule has 0 fully saturated rings. The van der Waals surface area contributed by atoms with Gasteiger partial charge in [-0.2, -0.15) is 0 Å². The molecule has 0 atom stereocenters. The van der Waals surface area contributed by atoms with Gasteiger partial charge in [-0.05, 0) is 51.7 Å². The van der Waals surface area contributed by atoms with Crippen LogP contribution < -0.4 is 10.1 Å². The molecule has 4 nitrogen and oxygen atoms in total. The molecule has 0 unspecified atom stereocenters. The summed E-state index contributed by atoms with van der Waals surface area (Å²) in [5.74, 6) is 1.40. The third kappa shape index (κ3) is 4.51. The highest BCUT2D eigenvalue weighted by Crippen LogP contribution is 2.32. The lowest BCUT2D eigenvalue weighted by molar-refractivity contribution is 0.280. The molecule has 0 aliphatic rings. The summed E-state index contributed by atoms with van der Waals surface area (Å²) in [5.41, 5.74) is 5.93. The van der Waals surface area contributed by atoms with E-state index in [4.69, 9.17) is 4.74 Å². The van der Waals surface area contributed by atoms with Crippen molar-refractivity contribution in [2.45, 2.75) is 67.0 Å². The molecule has 2 N–H and O–H groups in total. The van der Waals surface area contributed by atoms with Gasteiger partial charge in [-0.1, -0.05) is 31.5 Å². The number of aryl methyl sites for hydroxylation is 4. The molecule has 1 heterocycles. The third-order valence-corrected chi connectivity index (χ3v) is 4.62. The fraction of sp³-hybridized carbons (Fsp3) is 0.476. The first-order valence-electron chi connectivity index (χ1n) is 9.03. The lowest BCUT2D eigenvalue weighted by Gasteiger charge is -2.21. The van der Waals surface area contributed by atoms with Gasteiger partial charge in [-0.25, -0.2) is 4.98 Å². The molecule has 0 spiro atoms. The van der Waals surface area contributed by atoms with Crippen LogP contribution in [0.25, 0.3) is 0 Å². The number of pyridine rings is 1. The number of aliphatic hydroxyl groups is 1. The van der Waals surface area contributed by atoms with Crippen molar-refractivity contribution in [3.8, 4) is 11.6 Å². The number of nitrogens with zero attached hydrogens (tertiary/aromatic N) is 1. The summed E-state index contributed by atoms with van der Waals surface area (Å²) in [7, 11) is 0. The molecule has 2 rings (SSSR count). The van der Waals surface area contributed by atoms with Crippen LogP contribution in [-0.4, -0.2) is 16.1 Å². The molecule has 0 aliphatic carbocycles. The maximum absolute atomic E-state index is 9.74. The van der Waals surface area contributed by atoms with Crippen molar-refractivity contribution in [1.29, 1.82) is 0 Å². The average molecular weight is 342 g/mol. The monoisotopic (exact) mass is 342 g/mol. The van der Waals surface area contributed by atoms with E-state index in [1.807, 2.05) is 26.8 Å². The molecule has 136 valence electrons. The summed E-state index contributed by atoms with van der Waals surface area (Å²) in [4.78, 5) is 4.54. The Morgan fingerprint density at radius 2 is 1.64 bits per heavy atom. The second kappa shape index (κ2) is 8.34. The smallest absolute Gasteiger partial charge is 0.221 e. The van der Waals surface area contributed by atoms with Gasteiger partial charge in [0.15, 0.2) is 0 Å². The summed E-state index contributed by atoms with van der Waals surface area (Å²) >= 11 is 0. The van der Waals surface area contributed by atoms with Crippen molar-refractivity contribution < 1.29 is 9.84 Å². The molecule has 1 aromatic heterocycles. The van der Waals surface area contributed by atoms with Gasteiger partial charge < -0.3 is 15.2 Å². The fourth-order valence-electron chi connectivity index (χ4n) is 3.20. The van der Waals surface area contributed by atoms with Crippen molar-refractivity contribution in [2.24, 2.45) is 0 Å². The Balaban J connectivity index is 2.41. The van der Waals surface area contributed by atoms with Gasteiger partial charge in [-0.15, -0.1) is 0 Å². The number of rotatable bonds is 7. The van der Waals surface area contributed by atoms with Crippen molar-refractivity contribution in [3.05, 3.63) is 46.1 Å². The molecule has 0 amide bonds. The Hall–Kier alpha value is -2.07. The fourth-order valence-corrected chi connectivity index (χ4v) is 3.20. The van der Waals surface area contributed by atoms with E-state index < -0.39 is 0 Å². The van der Waals surface area contributed by atoms with Crippen LogP contribution in [0.3, 0.4) is 0 Å². The topological polar surface area (TPSA) is 54.4 Å².